The first-order chi connectivity index (χ1) is 15.6. The monoisotopic (exact) mass is 464 g/mol. The van der Waals surface area contributed by atoms with Crippen LogP contribution < -0.4 is 21.3 Å². The number of carboxylic acids is 1. The van der Waals surface area contributed by atoms with Crippen LogP contribution in [0.3, 0.4) is 0 Å². The molecule has 1 aliphatic rings. The van der Waals surface area contributed by atoms with Crippen LogP contribution in [-0.2, 0) is 25.6 Å². The number of carbonyl (C=O) groups excluding carboxylic acids is 3. The molecule has 0 aromatic carbocycles. The van der Waals surface area contributed by atoms with Gasteiger partial charge in [-0.1, -0.05) is 27.7 Å². The summed E-state index contributed by atoms with van der Waals surface area (Å²) >= 11 is 0. The molecule has 1 aromatic rings. The second-order valence-electron chi connectivity index (χ2n) is 9.25. The van der Waals surface area contributed by atoms with E-state index in [-0.39, 0.29) is 30.2 Å². The smallest absolute Gasteiger partial charge is 0.326 e. The number of amides is 3. The lowest BCUT2D eigenvalue weighted by Gasteiger charge is -2.27. The van der Waals surface area contributed by atoms with E-state index >= 15 is 0 Å². The molecule has 11 nitrogen and oxygen atoms in total. The minimum absolute atomic E-state index is 0.0302. The number of H-pyrrole nitrogens is 1. The molecule has 0 radical (unpaired) electrons. The van der Waals surface area contributed by atoms with Crippen molar-refractivity contribution in [3.63, 3.8) is 0 Å². The summed E-state index contributed by atoms with van der Waals surface area (Å²) in [5.41, 5.74) is 0.565. The van der Waals surface area contributed by atoms with Crippen LogP contribution in [0.15, 0.2) is 12.5 Å². The largest absolute Gasteiger partial charge is 0.480 e. The van der Waals surface area contributed by atoms with Crippen LogP contribution in [0, 0.1) is 11.8 Å². The highest BCUT2D eigenvalue weighted by Crippen LogP contribution is 2.11. The lowest BCUT2D eigenvalue weighted by Crippen LogP contribution is -2.58. The molecule has 4 atom stereocenters. The van der Waals surface area contributed by atoms with Gasteiger partial charge < -0.3 is 31.4 Å². The average Bonchev–Trinajstić information content (AvgIpc) is 3.44. The highest BCUT2D eigenvalue weighted by Gasteiger charge is 2.33. The zero-order chi connectivity index (χ0) is 24.5. The maximum Gasteiger partial charge on any atom is 0.326 e. The summed E-state index contributed by atoms with van der Waals surface area (Å²) in [6, 6.07) is -3.27. The van der Waals surface area contributed by atoms with Crippen LogP contribution in [-0.4, -0.2) is 69.5 Å². The van der Waals surface area contributed by atoms with Gasteiger partial charge in [-0.2, -0.15) is 0 Å². The van der Waals surface area contributed by atoms with Gasteiger partial charge in [0.25, 0.3) is 0 Å². The van der Waals surface area contributed by atoms with Crippen LogP contribution in [0.25, 0.3) is 0 Å². The standard InChI is InChI=1S/C22H36N6O5/c1-12(2)8-16(20(30)27-17(22(32)33)9-14-10-23-11-25-14)26-21(31)18(13(3)4)28-19(29)15-6-5-7-24-15/h10-13,15-18,24H,5-9H2,1-4H3,(H,23,25)(H,26,31)(H,27,30)(H,28,29)(H,32,33). The van der Waals surface area contributed by atoms with Crippen molar-refractivity contribution in [2.75, 3.05) is 6.54 Å². The molecule has 33 heavy (non-hydrogen) atoms. The van der Waals surface area contributed by atoms with Crippen molar-refractivity contribution < 1.29 is 24.3 Å². The van der Waals surface area contributed by atoms with Crippen molar-refractivity contribution >= 4 is 23.7 Å². The van der Waals surface area contributed by atoms with E-state index in [0.29, 0.717) is 18.5 Å². The molecular weight excluding hydrogens is 428 g/mol. The summed E-state index contributed by atoms with van der Waals surface area (Å²) in [7, 11) is 0. The van der Waals surface area contributed by atoms with E-state index in [4.69, 9.17) is 0 Å². The van der Waals surface area contributed by atoms with Crippen LogP contribution in [0.4, 0.5) is 0 Å². The first-order valence-electron chi connectivity index (χ1n) is 11.4. The SMILES string of the molecule is CC(C)CC(NC(=O)C(NC(=O)C1CCCN1)C(C)C)C(=O)NC(Cc1cnc[nH]1)C(=O)O. The molecule has 1 aliphatic heterocycles. The number of nitrogens with one attached hydrogen (secondary N) is 5. The molecule has 0 saturated carbocycles. The molecule has 0 spiro atoms. The van der Waals surface area contributed by atoms with Gasteiger partial charge in [-0.25, -0.2) is 9.78 Å². The molecule has 1 aromatic heterocycles. The van der Waals surface area contributed by atoms with E-state index in [0.717, 1.165) is 13.0 Å². The summed E-state index contributed by atoms with van der Waals surface area (Å²) in [6.45, 7) is 8.19. The van der Waals surface area contributed by atoms with Crippen molar-refractivity contribution in [1.82, 2.24) is 31.2 Å². The number of hydrogen-bond donors (Lipinski definition) is 6. The van der Waals surface area contributed by atoms with E-state index in [1.807, 2.05) is 27.7 Å². The third-order valence-corrected chi connectivity index (χ3v) is 5.56. The lowest BCUT2D eigenvalue weighted by molar-refractivity contribution is -0.142. The highest BCUT2D eigenvalue weighted by molar-refractivity contribution is 5.94. The van der Waals surface area contributed by atoms with Crippen molar-refractivity contribution in [2.24, 2.45) is 11.8 Å². The van der Waals surface area contributed by atoms with Crippen LogP contribution in [0.2, 0.25) is 0 Å². The number of hydrogen-bond acceptors (Lipinski definition) is 6. The van der Waals surface area contributed by atoms with Crippen LogP contribution in [0.1, 0.15) is 52.7 Å². The van der Waals surface area contributed by atoms with Gasteiger partial charge >= 0.3 is 5.97 Å². The molecule has 6 N–H and O–H groups in total. The van der Waals surface area contributed by atoms with Gasteiger partial charge in [-0.3, -0.25) is 14.4 Å². The Kier molecular flexibility index (Phi) is 9.83. The number of aliphatic carboxylic acids is 1. The van der Waals surface area contributed by atoms with Crippen LogP contribution in [0.5, 0.6) is 0 Å². The van der Waals surface area contributed by atoms with E-state index in [1.165, 1.54) is 12.5 Å². The maximum absolute atomic E-state index is 13.1. The molecular formula is C22H36N6O5. The van der Waals surface area contributed by atoms with Crippen molar-refractivity contribution in [2.45, 2.75) is 77.5 Å². The fourth-order valence-corrected chi connectivity index (χ4v) is 3.75. The van der Waals surface area contributed by atoms with Crippen LogP contribution >= 0.6 is 0 Å². The van der Waals surface area contributed by atoms with Gasteiger partial charge in [0, 0.05) is 18.3 Å². The first kappa shape index (κ1) is 26.3. The molecule has 11 heteroatoms. The van der Waals surface area contributed by atoms with Gasteiger partial charge in [0.2, 0.25) is 17.7 Å². The molecule has 1 fully saturated rings. The molecule has 4 unspecified atom stereocenters. The fourth-order valence-electron chi connectivity index (χ4n) is 3.75. The Morgan fingerprint density at radius 3 is 2.30 bits per heavy atom. The quantitative estimate of drug-likeness (QED) is 0.252. The molecule has 0 bridgehead atoms. The topological polar surface area (TPSA) is 165 Å². The summed E-state index contributed by atoms with van der Waals surface area (Å²) < 4.78 is 0. The van der Waals surface area contributed by atoms with Crippen molar-refractivity contribution in [1.29, 1.82) is 0 Å². The molecule has 184 valence electrons. The number of aromatic amines is 1. The number of carboxylic acid groups (broad SMARTS) is 1. The highest BCUT2D eigenvalue weighted by atomic mass is 16.4. The van der Waals surface area contributed by atoms with Gasteiger partial charge in [-0.15, -0.1) is 0 Å². The molecule has 3 amide bonds. The van der Waals surface area contributed by atoms with E-state index in [2.05, 4.69) is 31.2 Å². The van der Waals surface area contributed by atoms with E-state index in [9.17, 15) is 24.3 Å². The zero-order valence-corrected chi connectivity index (χ0v) is 19.7. The maximum atomic E-state index is 13.1. The minimum Gasteiger partial charge on any atom is -0.480 e. The van der Waals surface area contributed by atoms with Gasteiger partial charge in [0.05, 0.1) is 12.4 Å². The normalized spacial score (nSPS) is 18.5. The summed E-state index contributed by atoms with van der Waals surface area (Å²) in [5.74, 6) is -2.63. The van der Waals surface area contributed by atoms with Gasteiger partial charge in [0.15, 0.2) is 0 Å². The second kappa shape index (κ2) is 12.3. The molecule has 2 heterocycles. The molecule has 0 aliphatic carbocycles. The molecule has 1 saturated heterocycles. The number of imidazole rings is 1. The van der Waals surface area contributed by atoms with E-state index < -0.39 is 35.9 Å². The number of carbonyl (C=O) groups is 4. The summed E-state index contributed by atoms with van der Waals surface area (Å²) in [4.78, 5) is 56.9. The minimum atomic E-state index is -1.19. The third-order valence-electron chi connectivity index (χ3n) is 5.56. The predicted octanol–water partition coefficient (Wildman–Crippen LogP) is -0.0547. The van der Waals surface area contributed by atoms with Gasteiger partial charge in [-0.05, 0) is 37.6 Å². The zero-order valence-electron chi connectivity index (χ0n) is 19.7. The predicted molar refractivity (Wildman–Crippen MR) is 121 cm³/mol. The van der Waals surface area contributed by atoms with Crippen molar-refractivity contribution in [3.8, 4) is 0 Å². The average molecular weight is 465 g/mol. The Morgan fingerprint density at radius 1 is 1.09 bits per heavy atom. The number of rotatable bonds is 12. The third kappa shape index (κ3) is 8.16. The Balaban J connectivity index is 2.07. The number of nitrogens with zero attached hydrogens (tertiary/aromatic N) is 1. The Bertz CT molecular complexity index is 804. The Hall–Kier alpha value is -2.95. The fraction of sp³-hybridized carbons (Fsp3) is 0.682. The van der Waals surface area contributed by atoms with Crippen molar-refractivity contribution in [3.05, 3.63) is 18.2 Å². The van der Waals surface area contributed by atoms with Gasteiger partial charge in [0.1, 0.15) is 18.1 Å². The first-order valence-corrected chi connectivity index (χ1v) is 11.4. The Labute approximate surface area is 193 Å². The Morgan fingerprint density at radius 2 is 1.79 bits per heavy atom. The second-order valence-corrected chi connectivity index (χ2v) is 9.25. The summed E-state index contributed by atoms with van der Waals surface area (Å²) in [6.07, 6.45) is 4.88. The number of aromatic nitrogens is 2. The van der Waals surface area contributed by atoms with E-state index in [1.54, 1.807) is 0 Å². The molecule has 2 rings (SSSR count). The lowest BCUT2D eigenvalue weighted by atomic mass is 9.99. The summed E-state index contributed by atoms with van der Waals surface area (Å²) in [5, 5.41) is 20.7.